The van der Waals surface area contributed by atoms with Gasteiger partial charge in [-0.05, 0) is 49.9 Å². The molecule has 1 amide bonds. The summed E-state index contributed by atoms with van der Waals surface area (Å²) in [6.45, 7) is 2.96. The van der Waals surface area contributed by atoms with Crippen LogP contribution >= 0.6 is 0 Å². The topological polar surface area (TPSA) is 49.4 Å². The maximum absolute atomic E-state index is 13.2. The Hall–Kier alpha value is -2.83. The van der Waals surface area contributed by atoms with Crippen molar-refractivity contribution in [2.75, 3.05) is 23.3 Å². The van der Waals surface area contributed by atoms with E-state index in [1.54, 1.807) is 24.3 Å². The fourth-order valence-corrected chi connectivity index (χ4v) is 3.46. The number of Topliss-reactive ketones (excluding diaryl/α,β-unsaturated/α-hetero) is 1. The van der Waals surface area contributed by atoms with Crippen molar-refractivity contribution >= 4 is 23.1 Å². The number of nitrogens with zero attached hydrogens (tertiary/aromatic N) is 1. The lowest BCUT2D eigenvalue weighted by atomic mass is 10.1. The van der Waals surface area contributed by atoms with Gasteiger partial charge in [0, 0.05) is 18.7 Å². The fraction of sp³-hybridized carbons (Fsp3) is 0.364. The highest BCUT2D eigenvalue weighted by Gasteiger charge is 2.31. The van der Waals surface area contributed by atoms with Crippen molar-refractivity contribution in [3.63, 3.8) is 0 Å². The lowest BCUT2D eigenvalue weighted by molar-refractivity contribution is -0.137. The summed E-state index contributed by atoms with van der Waals surface area (Å²) >= 11 is 0. The first kappa shape index (κ1) is 20.9. The van der Waals surface area contributed by atoms with Gasteiger partial charge in [0.1, 0.15) is 0 Å². The molecule has 1 N–H and O–H groups in total. The number of amides is 1. The van der Waals surface area contributed by atoms with Gasteiger partial charge in [-0.2, -0.15) is 13.2 Å². The van der Waals surface area contributed by atoms with E-state index >= 15 is 0 Å². The molecule has 0 saturated carbocycles. The number of benzene rings is 2. The average Bonchev–Trinajstić information content (AvgIpc) is 2.68. The molecule has 1 heterocycles. The van der Waals surface area contributed by atoms with Crippen LogP contribution in [0.1, 0.15) is 47.7 Å². The van der Waals surface area contributed by atoms with Crippen LogP contribution in [0, 0.1) is 0 Å². The second kappa shape index (κ2) is 8.68. The average molecular weight is 404 g/mol. The molecule has 0 radical (unpaired) electrons. The Morgan fingerprint density at radius 3 is 2.24 bits per heavy atom. The number of anilines is 2. The molecule has 2 aromatic rings. The van der Waals surface area contributed by atoms with E-state index in [1.807, 2.05) is 4.90 Å². The molecule has 0 atom stereocenters. The van der Waals surface area contributed by atoms with E-state index in [0.717, 1.165) is 44.5 Å². The van der Waals surface area contributed by atoms with Crippen molar-refractivity contribution in [1.29, 1.82) is 0 Å². The lowest BCUT2D eigenvalue weighted by Gasteiger charge is -2.31. The van der Waals surface area contributed by atoms with Crippen molar-refractivity contribution in [2.24, 2.45) is 0 Å². The van der Waals surface area contributed by atoms with Crippen molar-refractivity contribution in [1.82, 2.24) is 0 Å². The molecule has 0 bridgehead atoms. The van der Waals surface area contributed by atoms with Gasteiger partial charge in [-0.3, -0.25) is 9.59 Å². The van der Waals surface area contributed by atoms with E-state index in [2.05, 4.69) is 5.32 Å². The Morgan fingerprint density at radius 2 is 1.66 bits per heavy atom. The van der Waals surface area contributed by atoms with Gasteiger partial charge in [0.2, 0.25) is 5.91 Å². The van der Waals surface area contributed by atoms with Crippen LogP contribution in [-0.4, -0.2) is 24.8 Å². The summed E-state index contributed by atoms with van der Waals surface area (Å²) in [6, 6.07) is 10.1. The van der Waals surface area contributed by atoms with Crippen molar-refractivity contribution in [3.05, 3.63) is 59.2 Å². The molecule has 29 heavy (non-hydrogen) atoms. The van der Waals surface area contributed by atoms with Gasteiger partial charge in [-0.15, -0.1) is 0 Å². The molecule has 1 aliphatic rings. The van der Waals surface area contributed by atoms with Crippen LogP contribution in [0.5, 0.6) is 0 Å². The highest BCUT2D eigenvalue weighted by Crippen LogP contribution is 2.36. The van der Waals surface area contributed by atoms with Gasteiger partial charge in [0.05, 0.1) is 23.4 Å². The van der Waals surface area contributed by atoms with Gasteiger partial charge in [-0.25, -0.2) is 0 Å². The van der Waals surface area contributed by atoms with Crippen LogP contribution < -0.4 is 10.2 Å². The first-order chi connectivity index (χ1) is 13.7. The molecule has 3 rings (SSSR count). The summed E-state index contributed by atoms with van der Waals surface area (Å²) in [7, 11) is 0. The van der Waals surface area contributed by atoms with Crippen molar-refractivity contribution in [3.8, 4) is 0 Å². The zero-order chi connectivity index (χ0) is 21.0. The molecular weight excluding hydrogens is 381 g/mol. The summed E-state index contributed by atoms with van der Waals surface area (Å²) in [6.07, 6.45) is -1.45. The molecule has 0 aromatic heterocycles. The van der Waals surface area contributed by atoms with Crippen LogP contribution in [0.3, 0.4) is 0 Å². The van der Waals surface area contributed by atoms with Gasteiger partial charge in [0.25, 0.3) is 0 Å². The predicted octanol–water partition coefficient (Wildman–Crippen LogP) is 5.08. The quantitative estimate of drug-likeness (QED) is 0.707. The highest BCUT2D eigenvalue weighted by molar-refractivity contribution is 5.96. The fourth-order valence-electron chi connectivity index (χ4n) is 3.46. The number of carbonyl (C=O) groups excluding carboxylic acids is 2. The molecule has 7 heteroatoms. The summed E-state index contributed by atoms with van der Waals surface area (Å²) in [4.78, 5) is 25.9. The Kier molecular flexibility index (Phi) is 6.25. The van der Waals surface area contributed by atoms with Crippen LogP contribution in [0.2, 0.25) is 0 Å². The molecule has 2 aromatic carbocycles. The molecule has 1 fully saturated rings. The molecular formula is C22H23F3N2O2. The molecule has 4 nitrogen and oxygen atoms in total. The van der Waals surface area contributed by atoms with Gasteiger partial charge < -0.3 is 10.2 Å². The van der Waals surface area contributed by atoms with E-state index in [0.29, 0.717) is 16.8 Å². The largest absolute Gasteiger partial charge is 0.416 e. The predicted molar refractivity (Wildman–Crippen MR) is 106 cm³/mol. The second-order valence-electron chi connectivity index (χ2n) is 7.26. The number of piperidine rings is 1. The minimum atomic E-state index is -4.48. The molecule has 0 spiro atoms. The number of hydrogen-bond donors (Lipinski definition) is 1. The number of rotatable bonds is 5. The van der Waals surface area contributed by atoms with E-state index < -0.39 is 17.6 Å². The lowest BCUT2D eigenvalue weighted by Crippen LogP contribution is -2.30. The number of alkyl halides is 3. The summed E-state index contributed by atoms with van der Waals surface area (Å²) < 4.78 is 39.5. The Bertz CT molecular complexity index is 886. The molecule has 0 aliphatic carbocycles. The smallest absolute Gasteiger partial charge is 0.370 e. The minimum absolute atomic E-state index is 0.00781. The zero-order valence-corrected chi connectivity index (χ0v) is 16.2. The highest BCUT2D eigenvalue weighted by atomic mass is 19.4. The zero-order valence-electron chi connectivity index (χ0n) is 16.2. The number of halogens is 3. The van der Waals surface area contributed by atoms with Gasteiger partial charge >= 0.3 is 6.18 Å². The van der Waals surface area contributed by atoms with Crippen molar-refractivity contribution < 1.29 is 22.8 Å². The Balaban J connectivity index is 1.81. The van der Waals surface area contributed by atoms with Crippen LogP contribution in [0.15, 0.2) is 42.5 Å². The third kappa shape index (κ3) is 5.37. The Labute approximate surface area is 167 Å². The first-order valence-corrected chi connectivity index (χ1v) is 9.60. The summed E-state index contributed by atoms with van der Waals surface area (Å²) in [5.41, 5.74) is 1.21. The molecule has 1 aliphatic heterocycles. The number of nitrogens with one attached hydrogen (secondary N) is 1. The maximum atomic E-state index is 13.2. The SMILES string of the molecule is CC(=O)c1ccc(CC(=O)Nc2cc(C(F)(F)F)ccc2N2CCCCC2)cc1. The number of hydrogen-bond acceptors (Lipinski definition) is 3. The minimum Gasteiger partial charge on any atom is -0.370 e. The molecule has 0 unspecified atom stereocenters. The third-order valence-electron chi connectivity index (χ3n) is 5.02. The first-order valence-electron chi connectivity index (χ1n) is 9.60. The van der Waals surface area contributed by atoms with Crippen LogP contribution in [0.25, 0.3) is 0 Å². The van der Waals surface area contributed by atoms with Crippen molar-refractivity contribution in [2.45, 2.75) is 38.8 Å². The molecule has 154 valence electrons. The normalized spacial score (nSPS) is 14.6. The van der Waals surface area contributed by atoms with E-state index in [4.69, 9.17) is 0 Å². The number of carbonyl (C=O) groups is 2. The summed E-state index contributed by atoms with van der Waals surface area (Å²) in [5, 5.41) is 2.66. The van der Waals surface area contributed by atoms with Crippen LogP contribution in [0.4, 0.5) is 24.5 Å². The third-order valence-corrected chi connectivity index (χ3v) is 5.02. The molecule has 1 saturated heterocycles. The van der Waals surface area contributed by atoms with E-state index in [9.17, 15) is 22.8 Å². The number of ketones is 1. The van der Waals surface area contributed by atoms with Gasteiger partial charge in [-0.1, -0.05) is 24.3 Å². The monoisotopic (exact) mass is 404 g/mol. The standard InChI is InChI=1S/C22H23F3N2O2/c1-15(28)17-7-5-16(6-8-17)13-21(29)26-19-14-18(22(23,24)25)9-10-20(19)27-11-3-2-4-12-27/h5-10,14H,2-4,11-13H2,1H3,(H,26,29). The van der Waals surface area contributed by atoms with E-state index in [1.165, 1.54) is 13.0 Å². The van der Waals surface area contributed by atoms with Gasteiger partial charge in [0.15, 0.2) is 5.78 Å². The Morgan fingerprint density at radius 1 is 1.00 bits per heavy atom. The van der Waals surface area contributed by atoms with E-state index in [-0.39, 0.29) is 17.9 Å². The maximum Gasteiger partial charge on any atom is 0.416 e. The second-order valence-corrected chi connectivity index (χ2v) is 7.26. The summed E-state index contributed by atoms with van der Waals surface area (Å²) in [5.74, 6) is -0.478. The van der Waals surface area contributed by atoms with Crippen LogP contribution in [-0.2, 0) is 17.4 Å².